The summed E-state index contributed by atoms with van der Waals surface area (Å²) in [5.41, 5.74) is 1.91. The van der Waals surface area contributed by atoms with Crippen LogP contribution in [-0.4, -0.2) is 20.6 Å². The molecule has 0 unspecified atom stereocenters. The van der Waals surface area contributed by atoms with Crippen LogP contribution in [0.15, 0.2) is 24.3 Å². The largest absolute Gasteiger partial charge is 0.476 e. The van der Waals surface area contributed by atoms with Gasteiger partial charge in [-0.25, -0.2) is 9.78 Å². The van der Waals surface area contributed by atoms with Crippen molar-refractivity contribution in [2.45, 2.75) is 6.92 Å². The van der Waals surface area contributed by atoms with Crippen LogP contribution in [0.5, 0.6) is 0 Å². The number of hydrogen-bond donors (Lipinski definition) is 1. The second kappa shape index (κ2) is 4.22. The Bertz CT molecular complexity index is 590. The number of aryl methyl sites for hydroxylation is 1. The summed E-state index contributed by atoms with van der Waals surface area (Å²) in [6.07, 6.45) is 0. The molecule has 1 aromatic heterocycles. The van der Waals surface area contributed by atoms with Crippen molar-refractivity contribution < 1.29 is 9.90 Å². The van der Waals surface area contributed by atoms with Crippen molar-refractivity contribution in [3.8, 4) is 11.4 Å². The van der Waals surface area contributed by atoms with Crippen LogP contribution in [-0.2, 0) is 7.05 Å². The average Bonchev–Trinajstić information content (AvgIpc) is 2.55. The summed E-state index contributed by atoms with van der Waals surface area (Å²) in [5.74, 6) is -0.518. The Balaban J connectivity index is 2.66. The van der Waals surface area contributed by atoms with E-state index in [-0.39, 0.29) is 10.8 Å². The molecule has 2 rings (SSSR count). The van der Waals surface area contributed by atoms with E-state index in [0.717, 1.165) is 11.1 Å². The van der Waals surface area contributed by atoms with Gasteiger partial charge in [0, 0.05) is 12.6 Å². The molecule has 17 heavy (non-hydrogen) atoms. The van der Waals surface area contributed by atoms with Gasteiger partial charge in [-0.3, -0.25) is 0 Å². The van der Waals surface area contributed by atoms with Crippen molar-refractivity contribution in [3.63, 3.8) is 0 Å². The first-order valence-corrected chi connectivity index (χ1v) is 5.41. The van der Waals surface area contributed by atoms with Crippen molar-refractivity contribution in [2.75, 3.05) is 0 Å². The van der Waals surface area contributed by atoms with Crippen molar-refractivity contribution in [3.05, 3.63) is 40.7 Å². The molecule has 0 bridgehead atoms. The van der Waals surface area contributed by atoms with Gasteiger partial charge in [0.05, 0.1) is 0 Å². The molecule has 0 amide bonds. The molecule has 0 fully saturated rings. The summed E-state index contributed by atoms with van der Waals surface area (Å²) in [4.78, 5) is 15.1. The molecule has 1 heterocycles. The highest BCUT2D eigenvalue weighted by atomic mass is 35.5. The fraction of sp³-hybridized carbons (Fsp3) is 0.167. The normalized spacial score (nSPS) is 10.5. The average molecular weight is 251 g/mol. The van der Waals surface area contributed by atoms with E-state index in [1.165, 1.54) is 4.57 Å². The predicted octanol–water partition coefficient (Wildman–Crippen LogP) is 2.75. The van der Waals surface area contributed by atoms with Crippen LogP contribution in [0.1, 0.15) is 16.1 Å². The van der Waals surface area contributed by atoms with Crippen molar-refractivity contribution in [2.24, 2.45) is 7.05 Å². The second-order valence-electron chi connectivity index (χ2n) is 3.75. The Morgan fingerprint density at radius 1 is 1.41 bits per heavy atom. The summed E-state index contributed by atoms with van der Waals surface area (Å²) in [6.45, 7) is 1.94. The number of carboxylic acids is 1. The lowest BCUT2D eigenvalue weighted by molar-refractivity contribution is 0.0687. The Hall–Kier alpha value is -1.81. The topological polar surface area (TPSA) is 55.1 Å². The molecule has 0 saturated carbocycles. The molecule has 1 N–H and O–H groups in total. The van der Waals surface area contributed by atoms with Gasteiger partial charge in [0.15, 0.2) is 10.8 Å². The molecule has 2 aromatic rings. The first-order chi connectivity index (χ1) is 8.02. The highest BCUT2D eigenvalue weighted by Gasteiger charge is 2.20. The summed E-state index contributed by atoms with van der Waals surface area (Å²) in [7, 11) is 1.64. The lowest BCUT2D eigenvalue weighted by atomic mass is 10.1. The van der Waals surface area contributed by atoms with Crippen LogP contribution in [0.3, 0.4) is 0 Å². The van der Waals surface area contributed by atoms with E-state index in [1.807, 2.05) is 31.2 Å². The SMILES string of the molecule is Cc1ccccc1-c1nc(Cl)c(C(=O)O)n1C. The number of hydrogen-bond acceptors (Lipinski definition) is 2. The van der Waals surface area contributed by atoms with E-state index in [0.29, 0.717) is 5.82 Å². The standard InChI is InChI=1S/C12H11ClN2O2/c1-7-5-3-4-6-8(7)11-14-10(13)9(12(16)17)15(11)2/h3-6H,1-2H3,(H,16,17). The first kappa shape index (κ1) is 11.7. The van der Waals surface area contributed by atoms with Crippen molar-refractivity contribution in [1.29, 1.82) is 0 Å². The molecular formula is C12H11ClN2O2. The number of carbonyl (C=O) groups is 1. The minimum absolute atomic E-state index is 0.00456. The fourth-order valence-corrected chi connectivity index (χ4v) is 2.05. The summed E-state index contributed by atoms with van der Waals surface area (Å²) < 4.78 is 1.49. The number of rotatable bonds is 2. The van der Waals surface area contributed by atoms with E-state index in [2.05, 4.69) is 4.98 Å². The van der Waals surface area contributed by atoms with E-state index >= 15 is 0 Å². The maximum absolute atomic E-state index is 11.0. The maximum atomic E-state index is 11.0. The van der Waals surface area contributed by atoms with Gasteiger partial charge in [0.2, 0.25) is 0 Å². The highest BCUT2D eigenvalue weighted by molar-refractivity contribution is 6.32. The first-order valence-electron chi connectivity index (χ1n) is 5.04. The number of nitrogens with zero attached hydrogens (tertiary/aromatic N) is 2. The van der Waals surface area contributed by atoms with Gasteiger partial charge in [-0.1, -0.05) is 35.9 Å². The van der Waals surface area contributed by atoms with Crippen LogP contribution in [0, 0.1) is 6.92 Å². The van der Waals surface area contributed by atoms with Gasteiger partial charge in [-0.05, 0) is 12.5 Å². The zero-order chi connectivity index (χ0) is 12.6. The molecular weight excluding hydrogens is 240 g/mol. The third-order valence-corrected chi connectivity index (χ3v) is 2.90. The van der Waals surface area contributed by atoms with Gasteiger partial charge >= 0.3 is 5.97 Å². The van der Waals surface area contributed by atoms with Gasteiger partial charge in [0.25, 0.3) is 0 Å². The smallest absolute Gasteiger partial charge is 0.355 e. The number of benzene rings is 1. The van der Waals surface area contributed by atoms with Crippen molar-refractivity contribution >= 4 is 17.6 Å². The van der Waals surface area contributed by atoms with Crippen LogP contribution >= 0.6 is 11.6 Å². The lowest BCUT2D eigenvalue weighted by Crippen LogP contribution is -2.06. The maximum Gasteiger partial charge on any atom is 0.355 e. The number of aromatic carboxylic acids is 1. The number of carboxylic acid groups (broad SMARTS) is 1. The Morgan fingerprint density at radius 3 is 2.59 bits per heavy atom. The highest BCUT2D eigenvalue weighted by Crippen LogP contribution is 2.26. The third kappa shape index (κ3) is 1.91. The van der Waals surface area contributed by atoms with E-state index < -0.39 is 5.97 Å². The zero-order valence-electron chi connectivity index (χ0n) is 9.44. The Kier molecular flexibility index (Phi) is 2.90. The molecule has 1 aromatic carbocycles. The molecule has 0 aliphatic rings. The molecule has 0 saturated heterocycles. The molecule has 0 aliphatic heterocycles. The van der Waals surface area contributed by atoms with Crippen LogP contribution in [0.2, 0.25) is 5.15 Å². The van der Waals surface area contributed by atoms with Crippen LogP contribution in [0.4, 0.5) is 0 Å². The monoisotopic (exact) mass is 250 g/mol. The quantitative estimate of drug-likeness (QED) is 0.892. The van der Waals surface area contributed by atoms with Crippen LogP contribution in [0.25, 0.3) is 11.4 Å². The van der Waals surface area contributed by atoms with E-state index in [1.54, 1.807) is 7.05 Å². The Morgan fingerprint density at radius 2 is 2.06 bits per heavy atom. The zero-order valence-corrected chi connectivity index (χ0v) is 10.2. The lowest BCUT2D eigenvalue weighted by Gasteiger charge is -2.05. The molecule has 88 valence electrons. The minimum Gasteiger partial charge on any atom is -0.476 e. The molecule has 5 heteroatoms. The number of aromatic nitrogens is 2. The van der Waals surface area contributed by atoms with Crippen molar-refractivity contribution in [1.82, 2.24) is 9.55 Å². The van der Waals surface area contributed by atoms with E-state index in [4.69, 9.17) is 16.7 Å². The summed E-state index contributed by atoms with van der Waals surface area (Å²) >= 11 is 5.83. The van der Waals surface area contributed by atoms with Gasteiger partial charge < -0.3 is 9.67 Å². The summed E-state index contributed by atoms with van der Waals surface area (Å²) in [6, 6.07) is 7.63. The molecule has 4 nitrogen and oxygen atoms in total. The third-order valence-electron chi connectivity index (χ3n) is 2.64. The molecule has 0 radical (unpaired) electrons. The Labute approximate surface area is 103 Å². The fourth-order valence-electron chi connectivity index (χ4n) is 1.76. The minimum atomic E-state index is -1.08. The van der Waals surface area contributed by atoms with E-state index in [9.17, 15) is 4.79 Å². The van der Waals surface area contributed by atoms with Crippen LogP contribution < -0.4 is 0 Å². The van der Waals surface area contributed by atoms with Gasteiger partial charge in [-0.15, -0.1) is 0 Å². The summed E-state index contributed by atoms with van der Waals surface area (Å²) in [5, 5.41) is 9.04. The number of imidazole rings is 1. The predicted molar refractivity (Wildman–Crippen MR) is 65.4 cm³/mol. The second-order valence-corrected chi connectivity index (χ2v) is 4.11. The number of halogens is 1. The molecule has 0 spiro atoms. The van der Waals surface area contributed by atoms with Gasteiger partial charge in [-0.2, -0.15) is 0 Å². The molecule has 0 aliphatic carbocycles. The molecule has 0 atom stereocenters. The van der Waals surface area contributed by atoms with Gasteiger partial charge in [0.1, 0.15) is 5.82 Å².